The zero-order chi connectivity index (χ0) is 15.4. The Kier molecular flexibility index (Phi) is 5.19. The molecule has 2 rings (SSSR count). The molecule has 0 unspecified atom stereocenters. The summed E-state index contributed by atoms with van der Waals surface area (Å²) in [6.07, 6.45) is 0. The van der Waals surface area contributed by atoms with Crippen molar-refractivity contribution in [3.8, 4) is 0 Å². The molecule has 0 bridgehead atoms. The Morgan fingerprint density at radius 1 is 1.48 bits per heavy atom. The summed E-state index contributed by atoms with van der Waals surface area (Å²) in [6, 6.07) is 5.29. The van der Waals surface area contributed by atoms with Crippen LogP contribution in [0, 0.1) is 5.82 Å². The van der Waals surface area contributed by atoms with Gasteiger partial charge in [-0.05, 0) is 30.3 Å². The van der Waals surface area contributed by atoms with Crippen molar-refractivity contribution in [3.05, 3.63) is 40.1 Å². The minimum atomic E-state index is -0.304. The Balaban J connectivity index is 2.32. The maximum Gasteiger partial charge on any atom is 0.343 e. The van der Waals surface area contributed by atoms with E-state index in [1.807, 2.05) is 26.8 Å². The van der Waals surface area contributed by atoms with Gasteiger partial charge in [-0.3, -0.25) is 4.57 Å². The molecule has 1 aromatic carbocycles. The third kappa shape index (κ3) is 3.74. The number of aromatic nitrogens is 3. The van der Waals surface area contributed by atoms with Crippen LogP contribution >= 0.6 is 11.8 Å². The number of hydrogen-bond donors (Lipinski definition) is 2. The largest absolute Gasteiger partial charge is 0.343 e. The maximum absolute atomic E-state index is 14.1. The second-order valence-corrected chi connectivity index (χ2v) is 5.90. The highest BCUT2D eigenvalue weighted by Crippen LogP contribution is 2.31. The molecule has 0 saturated carbocycles. The van der Waals surface area contributed by atoms with E-state index >= 15 is 0 Å². The van der Waals surface area contributed by atoms with E-state index < -0.39 is 0 Å². The Labute approximate surface area is 127 Å². The molecule has 0 fully saturated rings. The monoisotopic (exact) mass is 310 g/mol. The highest BCUT2D eigenvalue weighted by molar-refractivity contribution is 7.99. The van der Waals surface area contributed by atoms with Gasteiger partial charge >= 0.3 is 5.69 Å². The lowest BCUT2D eigenvalue weighted by Gasteiger charge is -2.12. The summed E-state index contributed by atoms with van der Waals surface area (Å²) in [5, 5.41) is 10.1. The van der Waals surface area contributed by atoms with E-state index in [9.17, 15) is 9.18 Å². The SMILES string of the molecule is CCn1c(Sc2c(F)cccc2CNC(C)C)n[nH]c1=O. The van der Waals surface area contributed by atoms with Crippen LogP contribution < -0.4 is 11.0 Å². The minimum Gasteiger partial charge on any atom is -0.310 e. The molecule has 0 atom stereocenters. The molecule has 0 saturated heterocycles. The third-order valence-corrected chi connectivity index (χ3v) is 4.14. The number of hydrogen-bond acceptors (Lipinski definition) is 4. The molecule has 114 valence electrons. The van der Waals surface area contributed by atoms with Gasteiger partial charge < -0.3 is 5.32 Å². The van der Waals surface area contributed by atoms with E-state index in [2.05, 4.69) is 15.5 Å². The zero-order valence-corrected chi connectivity index (χ0v) is 13.1. The van der Waals surface area contributed by atoms with E-state index in [-0.39, 0.29) is 11.5 Å². The van der Waals surface area contributed by atoms with Crippen LogP contribution in [0.3, 0.4) is 0 Å². The molecule has 2 N–H and O–H groups in total. The maximum atomic E-state index is 14.1. The van der Waals surface area contributed by atoms with E-state index in [0.717, 1.165) is 5.56 Å². The summed E-state index contributed by atoms with van der Waals surface area (Å²) < 4.78 is 15.6. The molecule has 7 heteroatoms. The number of aromatic amines is 1. The van der Waals surface area contributed by atoms with Crippen molar-refractivity contribution in [1.82, 2.24) is 20.1 Å². The predicted octanol–water partition coefficient (Wildman–Crippen LogP) is 2.38. The van der Waals surface area contributed by atoms with Crippen molar-refractivity contribution in [3.63, 3.8) is 0 Å². The Morgan fingerprint density at radius 2 is 2.24 bits per heavy atom. The molecule has 2 aromatic rings. The van der Waals surface area contributed by atoms with Crippen molar-refractivity contribution in [2.45, 2.75) is 50.0 Å². The van der Waals surface area contributed by atoms with Crippen molar-refractivity contribution in [2.24, 2.45) is 0 Å². The lowest BCUT2D eigenvalue weighted by Crippen LogP contribution is -2.22. The third-order valence-electron chi connectivity index (χ3n) is 2.98. The highest BCUT2D eigenvalue weighted by atomic mass is 32.2. The smallest absolute Gasteiger partial charge is 0.310 e. The number of nitrogens with one attached hydrogen (secondary N) is 2. The molecule has 0 aliphatic heterocycles. The predicted molar refractivity (Wildman–Crippen MR) is 81.0 cm³/mol. The number of rotatable bonds is 6. The summed E-state index contributed by atoms with van der Waals surface area (Å²) in [5.74, 6) is -0.304. The quantitative estimate of drug-likeness (QED) is 0.860. The van der Waals surface area contributed by atoms with Gasteiger partial charge in [-0.2, -0.15) is 0 Å². The number of H-pyrrole nitrogens is 1. The van der Waals surface area contributed by atoms with Crippen LogP contribution in [-0.4, -0.2) is 20.8 Å². The lowest BCUT2D eigenvalue weighted by atomic mass is 10.2. The Hall–Kier alpha value is -1.60. The van der Waals surface area contributed by atoms with E-state index in [4.69, 9.17) is 0 Å². The van der Waals surface area contributed by atoms with Crippen LogP contribution in [0.2, 0.25) is 0 Å². The van der Waals surface area contributed by atoms with Gasteiger partial charge in [0.25, 0.3) is 0 Å². The molecule has 0 radical (unpaired) electrons. The number of nitrogens with zero attached hydrogens (tertiary/aromatic N) is 2. The van der Waals surface area contributed by atoms with Crippen molar-refractivity contribution in [1.29, 1.82) is 0 Å². The topological polar surface area (TPSA) is 62.7 Å². The Bertz CT molecular complexity index is 665. The van der Waals surface area contributed by atoms with E-state index in [0.29, 0.717) is 29.2 Å². The van der Waals surface area contributed by atoms with Crippen molar-refractivity contribution in [2.75, 3.05) is 0 Å². The average Bonchev–Trinajstić information content (AvgIpc) is 2.79. The fourth-order valence-corrected chi connectivity index (χ4v) is 2.91. The van der Waals surface area contributed by atoms with Gasteiger partial charge in [-0.15, -0.1) is 5.10 Å². The first-order chi connectivity index (χ1) is 10.0. The fourth-order valence-electron chi connectivity index (χ4n) is 1.87. The van der Waals surface area contributed by atoms with Gasteiger partial charge in [0.1, 0.15) is 5.82 Å². The van der Waals surface area contributed by atoms with Gasteiger partial charge in [0.05, 0.1) is 4.90 Å². The van der Waals surface area contributed by atoms with Gasteiger partial charge in [-0.1, -0.05) is 26.0 Å². The first kappa shape index (κ1) is 15.8. The van der Waals surface area contributed by atoms with Gasteiger partial charge in [0.2, 0.25) is 0 Å². The number of benzene rings is 1. The Morgan fingerprint density at radius 3 is 2.90 bits per heavy atom. The highest BCUT2D eigenvalue weighted by Gasteiger charge is 2.15. The normalized spacial score (nSPS) is 11.3. The molecule has 5 nitrogen and oxygen atoms in total. The first-order valence-electron chi connectivity index (χ1n) is 6.86. The molecule has 21 heavy (non-hydrogen) atoms. The van der Waals surface area contributed by atoms with E-state index in [1.54, 1.807) is 6.07 Å². The first-order valence-corrected chi connectivity index (χ1v) is 7.68. The van der Waals surface area contributed by atoms with Gasteiger partial charge in [0, 0.05) is 19.1 Å². The summed E-state index contributed by atoms with van der Waals surface area (Å²) >= 11 is 1.17. The zero-order valence-electron chi connectivity index (χ0n) is 12.3. The average molecular weight is 310 g/mol. The summed E-state index contributed by atoms with van der Waals surface area (Å²) in [5.41, 5.74) is 0.574. The van der Waals surface area contributed by atoms with Crippen molar-refractivity contribution < 1.29 is 4.39 Å². The molecular formula is C14H19FN4OS. The van der Waals surface area contributed by atoms with E-state index in [1.165, 1.54) is 22.4 Å². The van der Waals surface area contributed by atoms with Gasteiger partial charge in [0.15, 0.2) is 5.16 Å². The lowest BCUT2D eigenvalue weighted by molar-refractivity contribution is 0.563. The van der Waals surface area contributed by atoms with Crippen LogP contribution in [-0.2, 0) is 13.1 Å². The van der Waals surface area contributed by atoms with Crippen LogP contribution in [0.5, 0.6) is 0 Å². The molecular weight excluding hydrogens is 291 g/mol. The molecule has 0 aliphatic carbocycles. The minimum absolute atomic E-state index is 0.279. The second kappa shape index (κ2) is 6.91. The molecule has 0 aliphatic rings. The summed E-state index contributed by atoms with van der Waals surface area (Å²) in [7, 11) is 0. The number of halogens is 1. The van der Waals surface area contributed by atoms with Crippen LogP contribution in [0.15, 0.2) is 33.0 Å². The molecule has 0 spiro atoms. The second-order valence-electron chi connectivity index (χ2n) is 4.92. The van der Waals surface area contributed by atoms with Crippen LogP contribution in [0.4, 0.5) is 4.39 Å². The molecule has 1 aromatic heterocycles. The summed E-state index contributed by atoms with van der Waals surface area (Å²) in [6.45, 7) is 6.98. The van der Waals surface area contributed by atoms with Crippen molar-refractivity contribution >= 4 is 11.8 Å². The fraction of sp³-hybridized carbons (Fsp3) is 0.429. The van der Waals surface area contributed by atoms with Crippen LogP contribution in [0.1, 0.15) is 26.3 Å². The van der Waals surface area contributed by atoms with Crippen LogP contribution in [0.25, 0.3) is 0 Å². The van der Waals surface area contributed by atoms with Gasteiger partial charge in [-0.25, -0.2) is 14.3 Å². The standard InChI is InChI=1S/C14H19FN4OS/c1-4-19-13(20)17-18-14(19)21-12-10(8-16-9(2)3)6-5-7-11(12)15/h5-7,9,16H,4,8H2,1-3H3,(H,17,20). The molecule has 1 heterocycles. The molecule has 0 amide bonds. The summed E-state index contributed by atoms with van der Waals surface area (Å²) in [4.78, 5) is 12.1.